The molecule has 30 heavy (non-hydrogen) atoms. The van der Waals surface area contributed by atoms with Crippen molar-refractivity contribution in [1.82, 2.24) is 4.98 Å². The zero-order valence-corrected chi connectivity index (χ0v) is 19.1. The zero-order chi connectivity index (χ0) is 22.3. The Kier molecular flexibility index (Phi) is 8.57. The van der Waals surface area contributed by atoms with Crippen LogP contribution in [-0.4, -0.2) is 37.1 Å². The Labute approximate surface area is 179 Å². The van der Waals surface area contributed by atoms with Crippen LogP contribution >= 0.6 is 0 Å². The van der Waals surface area contributed by atoms with Gasteiger partial charge in [0.15, 0.2) is 5.79 Å². The number of halogens is 1. The first-order valence-corrected chi connectivity index (χ1v) is 11.1. The molecule has 6 heteroatoms. The summed E-state index contributed by atoms with van der Waals surface area (Å²) < 4.78 is 26.2. The average Bonchev–Trinajstić information content (AvgIpc) is 3.25. The first-order chi connectivity index (χ1) is 14.6. The molecule has 2 fully saturated rings. The van der Waals surface area contributed by atoms with Gasteiger partial charge in [0, 0.05) is 31.3 Å². The van der Waals surface area contributed by atoms with E-state index in [1.807, 2.05) is 47.6 Å². The quantitative estimate of drug-likeness (QED) is 0.647. The largest absolute Gasteiger partial charge is 0.355 e. The maximum Gasteiger partial charge on any atom is 0.171 e. The lowest BCUT2D eigenvalue weighted by Crippen LogP contribution is -2.45. The minimum absolute atomic E-state index is 0.330. The number of aromatic nitrogens is 1. The van der Waals surface area contributed by atoms with Crippen molar-refractivity contribution in [3.8, 4) is 6.07 Å². The number of anilines is 1. The number of benzene rings is 1. The molecule has 1 spiro atoms. The van der Waals surface area contributed by atoms with Crippen LogP contribution in [0.25, 0.3) is 10.9 Å². The Morgan fingerprint density at radius 1 is 1.13 bits per heavy atom. The number of rotatable bonds is 2. The topological polar surface area (TPSA) is 58.4 Å². The van der Waals surface area contributed by atoms with Crippen molar-refractivity contribution < 1.29 is 13.9 Å². The van der Waals surface area contributed by atoms with E-state index in [2.05, 4.69) is 16.0 Å². The first-order valence-electron chi connectivity index (χ1n) is 11.1. The standard InChI is InChI=1S/C20H22FN3O2.2C2H6/c1-3-14-10-15-13(2)16(12-22)19(23-18(15)17(21)11-14)24-6-4-20(5-7-24)25-8-9-26-20;2*1-2/h10-11H,3-9H2,1-2H3;2*1-2H3. The van der Waals surface area contributed by atoms with Crippen LogP contribution in [0.4, 0.5) is 10.2 Å². The molecule has 2 aliphatic heterocycles. The molecule has 4 rings (SSSR count). The molecule has 2 saturated heterocycles. The van der Waals surface area contributed by atoms with E-state index in [1.54, 1.807) is 0 Å². The van der Waals surface area contributed by atoms with E-state index in [9.17, 15) is 9.65 Å². The van der Waals surface area contributed by atoms with E-state index < -0.39 is 5.79 Å². The Hall–Kier alpha value is -2.23. The fraction of sp³-hybridized carbons (Fsp3) is 0.583. The number of ether oxygens (including phenoxy) is 2. The molecular weight excluding hydrogens is 381 g/mol. The van der Waals surface area contributed by atoms with Crippen LogP contribution in [0.3, 0.4) is 0 Å². The number of hydrogen-bond acceptors (Lipinski definition) is 5. The Morgan fingerprint density at radius 2 is 1.73 bits per heavy atom. The summed E-state index contributed by atoms with van der Waals surface area (Å²) in [6.45, 7) is 14.4. The van der Waals surface area contributed by atoms with Gasteiger partial charge in [0.2, 0.25) is 0 Å². The predicted octanol–water partition coefficient (Wildman–Crippen LogP) is 5.51. The highest BCUT2D eigenvalue weighted by Crippen LogP contribution is 2.36. The molecule has 1 aromatic heterocycles. The lowest BCUT2D eigenvalue weighted by molar-refractivity contribution is -0.169. The third-order valence-electron chi connectivity index (χ3n) is 5.50. The van der Waals surface area contributed by atoms with Crippen molar-refractivity contribution in [2.24, 2.45) is 0 Å². The molecule has 0 atom stereocenters. The number of hydrogen-bond donors (Lipinski definition) is 0. The van der Waals surface area contributed by atoms with Gasteiger partial charge in [0.05, 0.1) is 18.8 Å². The maximum absolute atomic E-state index is 14.6. The molecule has 0 unspecified atom stereocenters. The van der Waals surface area contributed by atoms with Crippen LogP contribution < -0.4 is 4.90 Å². The molecule has 3 heterocycles. The molecule has 164 valence electrons. The molecule has 0 radical (unpaired) electrons. The Bertz CT molecular complexity index is 892. The first kappa shape index (κ1) is 24.0. The average molecular weight is 416 g/mol. The summed E-state index contributed by atoms with van der Waals surface area (Å²) in [6.07, 6.45) is 2.17. The summed E-state index contributed by atoms with van der Waals surface area (Å²) >= 11 is 0. The molecule has 1 aromatic carbocycles. The second kappa shape index (κ2) is 10.7. The normalized spacial score (nSPS) is 17.1. The van der Waals surface area contributed by atoms with E-state index in [0.717, 1.165) is 22.9 Å². The van der Waals surface area contributed by atoms with Gasteiger partial charge in [-0.3, -0.25) is 0 Å². The Balaban J connectivity index is 0.000000757. The second-order valence-corrected chi connectivity index (χ2v) is 6.97. The summed E-state index contributed by atoms with van der Waals surface area (Å²) in [5.74, 6) is -0.256. The molecule has 2 aromatic rings. The second-order valence-electron chi connectivity index (χ2n) is 6.97. The van der Waals surface area contributed by atoms with Crippen molar-refractivity contribution in [2.75, 3.05) is 31.2 Å². The minimum Gasteiger partial charge on any atom is -0.355 e. The summed E-state index contributed by atoms with van der Waals surface area (Å²) in [6, 6.07) is 5.76. The van der Waals surface area contributed by atoms with Gasteiger partial charge >= 0.3 is 0 Å². The van der Waals surface area contributed by atoms with Gasteiger partial charge in [0.1, 0.15) is 23.2 Å². The van der Waals surface area contributed by atoms with Crippen LogP contribution in [-0.2, 0) is 15.9 Å². The lowest BCUT2D eigenvalue weighted by atomic mass is 9.99. The highest BCUT2D eigenvalue weighted by Gasteiger charge is 2.40. The minimum atomic E-state index is -0.490. The van der Waals surface area contributed by atoms with Gasteiger partial charge in [0.25, 0.3) is 0 Å². The highest BCUT2D eigenvalue weighted by molar-refractivity contribution is 5.88. The molecule has 0 saturated carbocycles. The lowest BCUT2D eigenvalue weighted by Gasteiger charge is -2.38. The summed E-state index contributed by atoms with van der Waals surface area (Å²) in [4.78, 5) is 6.62. The van der Waals surface area contributed by atoms with Crippen molar-refractivity contribution in [3.63, 3.8) is 0 Å². The molecule has 0 amide bonds. The number of piperidine rings is 1. The van der Waals surface area contributed by atoms with Crippen molar-refractivity contribution in [2.45, 2.75) is 66.6 Å². The van der Waals surface area contributed by atoms with Crippen LogP contribution in [0.2, 0.25) is 0 Å². The SMILES string of the molecule is CC.CC.CCc1cc(F)c2nc(N3CCC4(CC3)OCCO4)c(C#N)c(C)c2c1. The number of fused-ring (bicyclic) bond motifs is 1. The molecule has 2 aliphatic rings. The monoisotopic (exact) mass is 415 g/mol. The summed E-state index contributed by atoms with van der Waals surface area (Å²) in [5.41, 5.74) is 2.55. The van der Waals surface area contributed by atoms with E-state index in [0.29, 0.717) is 56.0 Å². The van der Waals surface area contributed by atoms with Gasteiger partial charge in [-0.25, -0.2) is 9.37 Å². The van der Waals surface area contributed by atoms with Crippen LogP contribution in [0, 0.1) is 24.1 Å². The molecule has 0 aliphatic carbocycles. The van der Waals surface area contributed by atoms with Crippen molar-refractivity contribution in [1.29, 1.82) is 5.26 Å². The third kappa shape index (κ3) is 4.58. The number of aryl methyl sites for hydroxylation is 2. The molecule has 5 nitrogen and oxygen atoms in total. The molecule has 0 bridgehead atoms. The van der Waals surface area contributed by atoms with E-state index in [-0.39, 0.29) is 5.82 Å². The van der Waals surface area contributed by atoms with E-state index in [4.69, 9.17) is 9.47 Å². The van der Waals surface area contributed by atoms with E-state index >= 15 is 0 Å². The Morgan fingerprint density at radius 3 is 2.27 bits per heavy atom. The summed E-state index contributed by atoms with van der Waals surface area (Å²) in [5, 5.41) is 10.5. The molecular formula is C24H34FN3O2. The van der Waals surface area contributed by atoms with Crippen molar-refractivity contribution in [3.05, 3.63) is 34.6 Å². The predicted molar refractivity (Wildman–Crippen MR) is 119 cm³/mol. The number of pyridine rings is 1. The third-order valence-corrected chi connectivity index (χ3v) is 5.50. The van der Waals surface area contributed by atoms with E-state index in [1.165, 1.54) is 6.07 Å². The van der Waals surface area contributed by atoms with Crippen LogP contribution in [0.5, 0.6) is 0 Å². The van der Waals surface area contributed by atoms with Gasteiger partial charge in [-0.2, -0.15) is 5.26 Å². The fourth-order valence-corrected chi connectivity index (χ4v) is 3.93. The fourth-order valence-electron chi connectivity index (χ4n) is 3.93. The molecule has 0 N–H and O–H groups in total. The number of nitriles is 1. The number of nitrogens with zero attached hydrogens (tertiary/aromatic N) is 3. The van der Waals surface area contributed by atoms with Gasteiger partial charge in [-0.05, 0) is 36.6 Å². The van der Waals surface area contributed by atoms with Gasteiger partial charge in [-0.1, -0.05) is 34.6 Å². The summed E-state index contributed by atoms with van der Waals surface area (Å²) in [7, 11) is 0. The smallest absolute Gasteiger partial charge is 0.171 e. The van der Waals surface area contributed by atoms with Crippen LogP contribution in [0.1, 0.15) is 64.2 Å². The van der Waals surface area contributed by atoms with Gasteiger partial charge in [-0.15, -0.1) is 0 Å². The maximum atomic E-state index is 14.6. The van der Waals surface area contributed by atoms with Gasteiger partial charge < -0.3 is 14.4 Å². The van der Waals surface area contributed by atoms with Crippen molar-refractivity contribution >= 4 is 16.7 Å². The zero-order valence-electron chi connectivity index (χ0n) is 19.1. The highest BCUT2D eigenvalue weighted by atomic mass is 19.1. The van der Waals surface area contributed by atoms with Crippen LogP contribution in [0.15, 0.2) is 12.1 Å².